The minimum absolute atomic E-state index is 0.0659. The number of benzene rings is 2. The van der Waals surface area contributed by atoms with Crippen LogP contribution in [-0.2, 0) is 0 Å². The van der Waals surface area contributed by atoms with Gasteiger partial charge in [-0.15, -0.1) is 0 Å². The minimum Gasteiger partial charge on any atom is -0.497 e. The number of methoxy groups -OCH3 is 3. The quantitative estimate of drug-likeness (QED) is 0.646. The van der Waals surface area contributed by atoms with Crippen molar-refractivity contribution in [1.29, 1.82) is 0 Å². The van der Waals surface area contributed by atoms with Crippen LogP contribution < -0.4 is 14.2 Å². The van der Waals surface area contributed by atoms with Gasteiger partial charge in [-0.3, -0.25) is 0 Å². The average Bonchev–Trinajstić information content (AvgIpc) is 2.53. The molecule has 0 aliphatic rings. The maximum absolute atomic E-state index is 5.47. The van der Waals surface area contributed by atoms with Crippen LogP contribution in [0.1, 0.15) is 16.0 Å². The van der Waals surface area contributed by atoms with Gasteiger partial charge in [0.1, 0.15) is 17.2 Å². The van der Waals surface area contributed by atoms with E-state index in [2.05, 4.69) is 31.9 Å². The molecule has 0 aromatic heterocycles. The van der Waals surface area contributed by atoms with Crippen molar-refractivity contribution in [2.24, 2.45) is 0 Å². The van der Waals surface area contributed by atoms with Gasteiger partial charge >= 0.3 is 0 Å². The number of halogens is 2. The first kappa shape index (κ1) is 16.2. The smallest absolute Gasteiger partial charge is 0.127 e. The van der Waals surface area contributed by atoms with Crippen molar-refractivity contribution in [2.45, 2.75) is 4.83 Å². The summed E-state index contributed by atoms with van der Waals surface area (Å²) in [4.78, 5) is -0.0659. The van der Waals surface area contributed by atoms with Crippen molar-refractivity contribution in [3.63, 3.8) is 0 Å². The van der Waals surface area contributed by atoms with E-state index in [1.165, 1.54) is 0 Å². The van der Waals surface area contributed by atoms with Gasteiger partial charge in [-0.25, -0.2) is 0 Å². The van der Waals surface area contributed by atoms with Crippen molar-refractivity contribution < 1.29 is 14.2 Å². The Labute approximate surface area is 141 Å². The van der Waals surface area contributed by atoms with Crippen LogP contribution in [0.15, 0.2) is 40.9 Å². The summed E-state index contributed by atoms with van der Waals surface area (Å²) in [5.41, 5.74) is 2.02. The fourth-order valence-corrected chi connectivity index (χ4v) is 3.87. The molecule has 1 atom stereocenters. The topological polar surface area (TPSA) is 27.7 Å². The monoisotopic (exact) mass is 414 g/mol. The van der Waals surface area contributed by atoms with Crippen LogP contribution in [-0.4, -0.2) is 21.3 Å². The fraction of sp³-hybridized carbons (Fsp3) is 0.250. The highest BCUT2D eigenvalue weighted by Gasteiger charge is 2.22. The molecular weight excluding hydrogens is 400 g/mol. The fourth-order valence-electron chi connectivity index (χ4n) is 2.13. The molecule has 0 saturated carbocycles. The summed E-state index contributed by atoms with van der Waals surface area (Å²) in [6.45, 7) is 0. The van der Waals surface area contributed by atoms with E-state index in [1.807, 2.05) is 36.4 Å². The van der Waals surface area contributed by atoms with E-state index in [4.69, 9.17) is 14.2 Å². The van der Waals surface area contributed by atoms with E-state index < -0.39 is 0 Å². The third-order valence-corrected chi connectivity index (χ3v) is 4.84. The summed E-state index contributed by atoms with van der Waals surface area (Å²) < 4.78 is 17.1. The van der Waals surface area contributed by atoms with Gasteiger partial charge in [0, 0.05) is 4.47 Å². The first-order chi connectivity index (χ1) is 10.1. The number of hydrogen-bond donors (Lipinski definition) is 0. The predicted octanol–water partition coefficient (Wildman–Crippen LogP) is 4.96. The highest BCUT2D eigenvalue weighted by molar-refractivity contribution is 9.11. The first-order valence-electron chi connectivity index (χ1n) is 6.30. The molecule has 3 nitrogen and oxygen atoms in total. The summed E-state index contributed by atoms with van der Waals surface area (Å²) in [7, 11) is 4.96. The largest absolute Gasteiger partial charge is 0.497 e. The lowest BCUT2D eigenvalue weighted by molar-refractivity contribution is 0.386. The molecule has 2 aromatic rings. The Morgan fingerprint density at radius 2 is 1.52 bits per heavy atom. The van der Waals surface area contributed by atoms with E-state index >= 15 is 0 Å². The standard InChI is InChI=1S/C16H16Br2O3/c1-19-10-7-8-11(12(17)9-10)16(18)15-13(20-2)5-4-6-14(15)21-3/h4-9,16H,1-3H3. The van der Waals surface area contributed by atoms with Gasteiger partial charge in [0.05, 0.1) is 31.7 Å². The van der Waals surface area contributed by atoms with Crippen LogP contribution in [0.5, 0.6) is 17.2 Å². The first-order valence-corrected chi connectivity index (χ1v) is 8.01. The SMILES string of the molecule is COc1ccc(C(Br)c2c(OC)cccc2OC)c(Br)c1. The summed E-state index contributed by atoms with van der Waals surface area (Å²) in [5.74, 6) is 2.36. The average molecular weight is 416 g/mol. The Bertz CT molecular complexity index is 607. The lowest BCUT2D eigenvalue weighted by Crippen LogP contribution is -2.01. The zero-order valence-electron chi connectivity index (χ0n) is 12.0. The zero-order chi connectivity index (χ0) is 15.4. The van der Waals surface area contributed by atoms with E-state index in [0.29, 0.717) is 0 Å². The van der Waals surface area contributed by atoms with Gasteiger partial charge in [0.25, 0.3) is 0 Å². The molecule has 0 radical (unpaired) electrons. The van der Waals surface area contributed by atoms with Gasteiger partial charge in [0.15, 0.2) is 0 Å². The minimum atomic E-state index is -0.0659. The molecule has 0 saturated heterocycles. The second-order valence-corrected chi connectivity index (χ2v) is 6.10. The molecule has 0 spiro atoms. The normalized spacial score (nSPS) is 11.9. The number of alkyl halides is 1. The third kappa shape index (κ3) is 3.35. The second-order valence-electron chi connectivity index (χ2n) is 4.33. The van der Waals surface area contributed by atoms with Crippen molar-refractivity contribution in [3.05, 3.63) is 52.0 Å². The van der Waals surface area contributed by atoms with E-state index in [0.717, 1.165) is 32.8 Å². The summed E-state index contributed by atoms with van der Waals surface area (Å²) in [6, 6.07) is 11.6. The molecule has 0 fully saturated rings. The maximum atomic E-state index is 5.47. The molecule has 0 aliphatic heterocycles. The molecule has 0 bridgehead atoms. The summed E-state index contributed by atoms with van der Waals surface area (Å²) in [6.07, 6.45) is 0. The Hall–Kier alpha value is -1.20. The van der Waals surface area contributed by atoms with Crippen LogP contribution in [0.25, 0.3) is 0 Å². The molecule has 0 amide bonds. The van der Waals surface area contributed by atoms with Crippen LogP contribution in [0, 0.1) is 0 Å². The molecule has 0 aliphatic carbocycles. The Morgan fingerprint density at radius 3 is 2.00 bits per heavy atom. The lowest BCUT2D eigenvalue weighted by atomic mass is 10.0. The molecular formula is C16H16Br2O3. The maximum Gasteiger partial charge on any atom is 0.127 e. The van der Waals surface area contributed by atoms with Crippen LogP contribution in [0.2, 0.25) is 0 Å². The summed E-state index contributed by atoms with van der Waals surface area (Å²) >= 11 is 7.33. The van der Waals surface area contributed by atoms with Crippen LogP contribution in [0.4, 0.5) is 0 Å². The number of hydrogen-bond acceptors (Lipinski definition) is 3. The Kier molecular flexibility index (Phi) is 5.53. The van der Waals surface area contributed by atoms with Crippen LogP contribution in [0.3, 0.4) is 0 Å². The molecule has 5 heteroatoms. The van der Waals surface area contributed by atoms with Gasteiger partial charge < -0.3 is 14.2 Å². The van der Waals surface area contributed by atoms with E-state index in [1.54, 1.807) is 21.3 Å². The van der Waals surface area contributed by atoms with Crippen molar-refractivity contribution >= 4 is 31.9 Å². The summed E-state index contributed by atoms with van der Waals surface area (Å²) in [5, 5.41) is 0. The Balaban J connectivity index is 2.51. The van der Waals surface area contributed by atoms with Gasteiger partial charge in [0.2, 0.25) is 0 Å². The highest BCUT2D eigenvalue weighted by atomic mass is 79.9. The molecule has 2 aromatic carbocycles. The molecule has 0 heterocycles. The molecule has 1 unspecified atom stereocenters. The third-order valence-electron chi connectivity index (χ3n) is 3.20. The highest BCUT2D eigenvalue weighted by Crippen LogP contribution is 2.44. The van der Waals surface area contributed by atoms with Crippen LogP contribution >= 0.6 is 31.9 Å². The number of ether oxygens (including phenoxy) is 3. The van der Waals surface area contributed by atoms with Crippen molar-refractivity contribution in [2.75, 3.05) is 21.3 Å². The molecule has 21 heavy (non-hydrogen) atoms. The van der Waals surface area contributed by atoms with Gasteiger partial charge in [-0.1, -0.05) is 44.0 Å². The number of rotatable bonds is 5. The van der Waals surface area contributed by atoms with Gasteiger partial charge in [-0.2, -0.15) is 0 Å². The molecule has 112 valence electrons. The van der Waals surface area contributed by atoms with Crippen molar-refractivity contribution in [3.8, 4) is 17.2 Å². The van der Waals surface area contributed by atoms with E-state index in [9.17, 15) is 0 Å². The molecule has 0 N–H and O–H groups in total. The van der Waals surface area contributed by atoms with Gasteiger partial charge in [-0.05, 0) is 29.8 Å². The predicted molar refractivity (Wildman–Crippen MR) is 91.0 cm³/mol. The zero-order valence-corrected chi connectivity index (χ0v) is 15.2. The second kappa shape index (κ2) is 7.18. The van der Waals surface area contributed by atoms with E-state index in [-0.39, 0.29) is 4.83 Å². The Morgan fingerprint density at radius 1 is 0.905 bits per heavy atom. The van der Waals surface area contributed by atoms with Crippen molar-refractivity contribution in [1.82, 2.24) is 0 Å². The lowest BCUT2D eigenvalue weighted by Gasteiger charge is -2.19. The molecule has 2 rings (SSSR count).